The van der Waals surface area contributed by atoms with Gasteiger partial charge in [0.15, 0.2) is 0 Å². The van der Waals surface area contributed by atoms with Crippen molar-refractivity contribution in [3.8, 4) is 0 Å². The van der Waals surface area contributed by atoms with Crippen molar-refractivity contribution in [2.45, 2.75) is 32.4 Å². The van der Waals surface area contributed by atoms with E-state index in [2.05, 4.69) is 40.4 Å². The largest absolute Gasteiger partial charge is 0.271 e. The van der Waals surface area contributed by atoms with Gasteiger partial charge in [0.25, 0.3) is 11.6 Å². The molecule has 1 fully saturated rings. The lowest BCUT2D eigenvalue weighted by molar-refractivity contribution is -0.384. The van der Waals surface area contributed by atoms with Crippen molar-refractivity contribution in [3.05, 3.63) is 61.8 Å². The minimum atomic E-state index is -0.456. The van der Waals surface area contributed by atoms with Crippen LogP contribution in [0.3, 0.4) is 0 Å². The molecule has 26 heavy (non-hydrogen) atoms. The minimum absolute atomic E-state index is 0.0154. The van der Waals surface area contributed by atoms with E-state index in [0.717, 1.165) is 0 Å². The second kappa shape index (κ2) is 7.73. The van der Waals surface area contributed by atoms with E-state index in [0.29, 0.717) is 17.7 Å². The number of hydrazine groups is 1. The van der Waals surface area contributed by atoms with Gasteiger partial charge in [0, 0.05) is 21.9 Å². The van der Waals surface area contributed by atoms with Crippen molar-refractivity contribution in [2.24, 2.45) is 5.10 Å². The molecular weight excluding hydrogens is 354 g/mol. The van der Waals surface area contributed by atoms with Crippen LogP contribution in [0.15, 0.2) is 41.5 Å². The predicted octanol–water partition coefficient (Wildman–Crippen LogP) is 2.41. The number of nitro groups is 1. The quantitative estimate of drug-likeness (QED) is 0.424. The number of hydrogen-bond acceptors (Lipinski definition) is 7. The molecule has 1 aromatic carbocycles. The molecule has 0 spiro atoms. The van der Waals surface area contributed by atoms with Crippen LogP contribution in [-0.2, 0) is 4.79 Å². The van der Waals surface area contributed by atoms with Crippen LogP contribution in [0.2, 0.25) is 0 Å². The minimum Gasteiger partial charge on any atom is -0.271 e. The van der Waals surface area contributed by atoms with E-state index in [1.165, 1.54) is 21.9 Å². The van der Waals surface area contributed by atoms with E-state index in [1.54, 1.807) is 30.4 Å². The molecule has 0 saturated carbocycles. The Hall–Kier alpha value is -2.62. The Morgan fingerprint density at radius 1 is 1.27 bits per heavy atom. The molecule has 2 heterocycles. The molecular formula is C17H19N5O3S. The van der Waals surface area contributed by atoms with Gasteiger partial charge in [-0.2, -0.15) is 5.10 Å². The molecule has 0 aliphatic carbocycles. The molecule has 1 aliphatic rings. The number of hydrogen-bond donors (Lipinski definition) is 3. The van der Waals surface area contributed by atoms with Gasteiger partial charge in [0.05, 0.1) is 16.7 Å². The average Bonchev–Trinajstić information content (AvgIpc) is 3.28. The molecule has 3 N–H and O–H groups in total. The molecule has 3 rings (SSSR count). The van der Waals surface area contributed by atoms with Crippen molar-refractivity contribution in [1.29, 1.82) is 0 Å². The molecule has 1 aromatic heterocycles. The predicted molar refractivity (Wildman–Crippen MR) is 99.9 cm³/mol. The summed E-state index contributed by atoms with van der Waals surface area (Å²) in [5, 5.41) is 14.8. The monoisotopic (exact) mass is 373 g/mol. The van der Waals surface area contributed by atoms with Gasteiger partial charge in [0.1, 0.15) is 6.04 Å². The molecule has 0 bridgehead atoms. The van der Waals surface area contributed by atoms with Gasteiger partial charge in [-0.3, -0.25) is 14.9 Å². The summed E-state index contributed by atoms with van der Waals surface area (Å²) in [6.07, 6.45) is 0.637. The molecule has 136 valence electrons. The highest BCUT2D eigenvalue weighted by atomic mass is 32.1. The Morgan fingerprint density at radius 2 is 2.00 bits per heavy atom. The Morgan fingerprint density at radius 3 is 2.62 bits per heavy atom. The van der Waals surface area contributed by atoms with Crippen molar-refractivity contribution >= 4 is 28.6 Å². The second-order valence-electron chi connectivity index (χ2n) is 6.06. The Kier molecular flexibility index (Phi) is 5.40. The smallest absolute Gasteiger partial charge is 0.269 e. The molecule has 1 aliphatic heterocycles. The van der Waals surface area contributed by atoms with Crippen molar-refractivity contribution in [2.75, 3.05) is 0 Å². The Labute approximate surface area is 154 Å². The highest BCUT2D eigenvalue weighted by Crippen LogP contribution is 2.28. The maximum Gasteiger partial charge on any atom is 0.269 e. The first-order valence-corrected chi connectivity index (χ1v) is 8.92. The Balaban J connectivity index is 1.57. The number of aryl methyl sites for hydroxylation is 1. The lowest BCUT2D eigenvalue weighted by Crippen LogP contribution is -2.41. The SMILES string of the molecule is C/C(=N/NC(=O)C1CC(c2ccc(C)s2)NN1)c1ccc([N+](=O)[O-])cc1. The maximum atomic E-state index is 12.3. The van der Waals surface area contributed by atoms with E-state index < -0.39 is 4.92 Å². The van der Waals surface area contributed by atoms with Gasteiger partial charge in [-0.1, -0.05) is 0 Å². The molecule has 1 amide bonds. The lowest BCUT2D eigenvalue weighted by atomic mass is 10.1. The summed E-state index contributed by atoms with van der Waals surface area (Å²) in [4.78, 5) is 24.9. The highest BCUT2D eigenvalue weighted by molar-refractivity contribution is 7.12. The fraction of sp³-hybridized carbons (Fsp3) is 0.294. The molecule has 8 nitrogen and oxygen atoms in total. The van der Waals surface area contributed by atoms with E-state index in [-0.39, 0.29) is 23.7 Å². The van der Waals surface area contributed by atoms with E-state index >= 15 is 0 Å². The van der Waals surface area contributed by atoms with Gasteiger partial charge >= 0.3 is 0 Å². The number of carbonyl (C=O) groups is 1. The third-order valence-corrected chi connectivity index (χ3v) is 5.27. The number of carbonyl (C=O) groups excluding carboxylic acids is 1. The third kappa shape index (κ3) is 4.13. The lowest BCUT2D eigenvalue weighted by Gasteiger charge is -2.08. The first-order chi connectivity index (χ1) is 12.4. The van der Waals surface area contributed by atoms with Crippen molar-refractivity contribution in [1.82, 2.24) is 16.3 Å². The summed E-state index contributed by atoms with van der Waals surface area (Å²) in [5.74, 6) is -0.227. The molecule has 2 aromatic rings. The van der Waals surface area contributed by atoms with E-state index in [4.69, 9.17) is 0 Å². The topological polar surface area (TPSA) is 109 Å². The third-order valence-electron chi connectivity index (χ3n) is 4.15. The number of nitrogens with one attached hydrogen (secondary N) is 3. The summed E-state index contributed by atoms with van der Waals surface area (Å²) < 4.78 is 0. The first kappa shape index (κ1) is 18.2. The van der Waals surface area contributed by atoms with Gasteiger partial charge in [-0.05, 0) is 50.1 Å². The number of nitro benzene ring substituents is 1. The van der Waals surface area contributed by atoms with Gasteiger partial charge in [-0.15, -0.1) is 11.3 Å². The van der Waals surface area contributed by atoms with Gasteiger partial charge in [-0.25, -0.2) is 16.3 Å². The summed E-state index contributed by atoms with van der Waals surface area (Å²) in [6, 6.07) is 9.88. The summed E-state index contributed by atoms with van der Waals surface area (Å²) in [7, 11) is 0. The summed E-state index contributed by atoms with van der Waals surface area (Å²) in [6.45, 7) is 3.79. The number of thiophene rings is 1. The van der Waals surface area contributed by atoms with Crippen LogP contribution in [0.1, 0.15) is 34.7 Å². The zero-order valence-electron chi connectivity index (χ0n) is 14.4. The number of amides is 1. The molecule has 0 radical (unpaired) electrons. The number of rotatable bonds is 5. The van der Waals surface area contributed by atoms with Crippen molar-refractivity contribution < 1.29 is 9.72 Å². The van der Waals surface area contributed by atoms with Crippen molar-refractivity contribution in [3.63, 3.8) is 0 Å². The zero-order chi connectivity index (χ0) is 18.7. The molecule has 1 saturated heterocycles. The molecule has 9 heteroatoms. The van der Waals surface area contributed by atoms with Gasteiger partial charge in [0.2, 0.25) is 0 Å². The maximum absolute atomic E-state index is 12.3. The van der Waals surface area contributed by atoms with Crippen LogP contribution >= 0.6 is 11.3 Å². The fourth-order valence-corrected chi connectivity index (χ4v) is 3.60. The summed E-state index contributed by atoms with van der Waals surface area (Å²) in [5.41, 5.74) is 9.99. The Bertz CT molecular complexity index is 846. The number of nitrogens with zero attached hydrogens (tertiary/aromatic N) is 2. The number of hydrazone groups is 1. The molecule has 2 unspecified atom stereocenters. The zero-order valence-corrected chi connectivity index (χ0v) is 15.2. The van der Waals surface area contributed by atoms with Crippen LogP contribution in [0.4, 0.5) is 5.69 Å². The van der Waals surface area contributed by atoms with Crippen LogP contribution in [0, 0.1) is 17.0 Å². The highest BCUT2D eigenvalue weighted by Gasteiger charge is 2.30. The standard InChI is InChI=1S/C17H19N5O3S/c1-10-3-8-16(26-10)14-9-15(20-19-14)17(23)21-18-11(2)12-4-6-13(7-5-12)22(24)25/h3-8,14-15,19-20H,9H2,1-2H3,(H,21,23)/b18-11-. The summed E-state index contributed by atoms with van der Waals surface area (Å²) >= 11 is 1.71. The normalized spacial score (nSPS) is 20.2. The second-order valence-corrected chi connectivity index (χ2v) is 7.37. The van der Waals surface area contributed by atoms with Crippen LogP contribution in [0.5, 0.6) is 0 Å². The van der Waals surface area contributed by atoms with Crippen LogP contribution in [-0.4, -0.2) is 22.6 Å². The van der Waals surface area contributed by atoms with E-state index in [9.17, 15) is 14.9 Å². The van der Waals surface area contributed by atoms with Crippen LogP contribution in [0.25, 0.3) is 0 Å². The average molecular weight is 373 g/mol. The van der Waals surface area contributed by atoms with Crippen LogP contribution < -0.4 is 16.3 Å². The van der Waals surface area contributed by atoms with E-state index in [1.807, 2.05) is 0 Å². The first-order valence-electron chi connectivity index (χ1n) is 8.10. The fourth-order valence-electron chi connectivity index (χ4n) is 2.66. The molecule has 2 atom stereocenters. The van der Waals surface area contributed by atoms with Gasteiger partial charge < -0.3 is 0 Å². The number of benzene rings is 1. The number of non-ortho nitro benzene ring substituents is 1.